The molecule has 1 heterocycles. The molecular formula is C16H17ClN2O3S. The van der Waals surface area contributed by atoms with Crippen molar-refractivity contribution in [3.05, 3.63) is 44.6 Å². The Kier molecular flexibility index (Phi) is 5.63. The van der Waals surface area contributed by atoms with Gasteiger partial charge < -0.3 is 15.4 Å². The first-order valence-electron chi connectivity index (χ1n) is 6.89. The smallest absolute Gasteiger partial charge is 0.261 e. The number of halogens is 1. The topological polar surface area (TPSA) is 67.4 Å². The second kappa shape index (κ2) is 7.48. The Morgan fingerprint density at radius 1 is 1.26 bits per heavy atom. The van der Waals surface area contributed by atoms with Gasteiger partial charge in [0.25, 0.3) is 5.91 Å². The minimum absolute atomic E-state index is 0.124. The predicted molar refractivity (Wildman–Crippen MR) is 92.8 cm³/mol. The molecule has 0 fully saturated rings. The van der Waals surface area contributed by atoms with E-state index in [2.05, 4.69) is 10.6 Å². The number of carbonyl (C=O) groups excluding carboxylic acids is 2. The lowest BCUT2D eigenvalue weighted by molar-refractivity contribution is -0.115. The van der Waals surface area contributed by atoms with Crippen LogP contribution in [0.1, 0.15) is 20.1 Å². The van der Waals surface area contributed by atoms with Gasteiger partial charge in [-0.3, -0.25) is 9.59 Å². The van der Waals surface area contributed by atoms with Crippen molar-refractivity contribution >= 4 is 40.4 Å². The summed E-state index contributed by atoms with van der Waals surface area (Å²) in [5, 5.41) is 5.85. The van der Waals surface area contributed by atoms with Crippen molar-refractivity contribution in [2.24, 2.45) is 0 Å². The molecule has 5 nitrogen and oxygen atoms in total. The molecule has 2 aromatic rings. The van der Waals surface area contributed by atoms with Gasteiger partial charge in [0.2, 0.25) is 5.91 Å². The number of benzene rings is 1. The Balaban J connectivity index is 1.97. The summed E-state index contributed by atoms with van der Waals surface area (Å²) in [5.74, 6) is -0.140. The number of amides is 2. The molecule has 0 saturated heterocycles. The molecule has 0 saturated carbocycles. The molecule has 2 rings (SSSR count). The van der Waals surface area contributed by atoms with Crippen LogP contribution >= 0.6 is 22.9 Å². The van der Waals surface area contributed by atoms with E-state index in [0.717, 1.165) is 10.4 Å². The van der Waals surface area contributed by atoms with Crippen LogP contribution in [0.3, 0.4) is 0 Å². The molecule has 1 aromatic carbocycles. The normalized spacial score (nSPS) is 10.3. The van der Waals surface area contributed by atoms with Crippen LogP contribution in [-0.4, -0.2) is 25.5 Å². The van der Waals surface area contributed by atoms with E-state index >= 15 is 0 Å². The zero-order chi connectivity index (χ0) is 17.0. The number of thiophene rings is 1. The molecule has 7 heteroatoms. The van der Waals surface area contributed by atoms with Gasteiger partial charge in [0.15, 0.2) is 0 Å². The van der Waals surface area contributed by atoms with Crippen LogP contribution < -0.4 is 15.4 Å². The number of methoxy groups -OCH3 is 1. The van der Waals surface area contributed by atoms with Gasteiger partial charge in [-0.15, -0.1) is 11.3 Å². The molecule has 0 aliphatic carbocycles. The highest BCUT2D eigenvalue weighted by molar-refractivity contribution is 7.13. The third-order valence-electron chi connectivity index (χ3n) is 3.13. The predicted octanol–water partition coefficient (Wildman–Crippen LogP) is 3.40. The van der Waals surface area contributed by atoms with Gasteiger partial charge in [-0.2, -0.15) is 0 Å². The summed E-state index contributed by atoms with van der Waals surface area (Å²) in [7, 11) is 1.50. The van der Waals surface area contributed by atoms with Crippen LogP contribution in [0.25, 0.3) is 0 Å². The molecular weight excluding hydrogens is 336 g/mol. The Morgan fingerprint density at radius 3 is 2.61 bits per heavy atom. The van der Waals surface area contributed by atoms with E-state index in [-0.39, 0.29) is 18.4 Å². The fourth-order valence-corrected chi connectivity index (χ4v) is 2.87. The highest BCUT2D eigenvalue weighted by Crippen LogP contribution is 2.30. The molecule has 0 aliphatic heterocycles. The Hall–Kier alpha value is -2.05. The van der Waals surface area contributed by atoms with Gasteiger partial charge in [0.1, 0.15) is 5.75 Å². The molecule has 0 unspecified atom stereocenters. The van der Waals surface area contributed by atoms with Gasteiger partial charge in [-0.1, -0.05) is 11.6 Å². The molecule has 1 aromatic heterocycles. The van der Waals surface area contributed by atoms with Gasteiger partial charge in [-0.25, -0.2) is 0 Å². The molecule has 2 amide bonds. The molecule has 0 atom stereocenters. The average molecular weight is 353 g/mol. The number of hydrogen-bond acceptors (Lipinski definition) is 4. The number of anilines is 1. The summed E-state index contributed by atoms with van der Waals surface area (Å²) < 4.78 is 5.19. The Morgan fingerprint density at radius 2 is 2.00 bits per heavy atom. The van der Waals surface area contributed by atoms with Crippen LogP contribution in [0, 0.1) is 13.8 Å². The van der Waals surface area contributed by atoms with Crippen molar-refractivity contribution in [3.63, 3.8) is 0 Å². The minimum atomic E-state index is -0.341. The third-order valence-corrected chi connectivity index (χ3v) is 4.54. The van der Waals surface area contributed by atoms with Crippen molar-refractivity contribution in [1.82, 2.24) is 5.32 Å². The van der Waals surface area contributed by atoms with Crippen molar-refractivity contribution in [1.29, 1.82) is 0 Å². The van der Waals surface area contributed by atoms with Crippen LogP contribution in [-0.2, 0) is 4.79 Å². The summed E-state index contributed by atoms with van der Waals surface area (Å²) in [6, 6.07) is 6.96. The molecule has 0 radical (unpaired) electrons. The first-order chi connectivity index (χ1) is 10.9. The number of nitrogens with one attached hydrogen (secondary N) is 2. The molecule has 0 spiro atoms. The van der Waals surface area contributed by atoms with E-state index in [0.29, 0.717) is 21.3 Å². The van der Waals surface area contributed by atoms with E-state index in [1.54, 1.807) is 18.2 Å². The Bertz CT molecular complexity index is 743. The molecule has 2 N–H and O–H groups in total. The first kappa shape index (κ1) is 17.3. The number of ether oxygens (including phenoxy) is 1. The summed E-state index contributed by atoms with van der Waals surface area (Å²) >= 11 is 7.41. The fourth-order valence-electron chi connectivity index (χ4n) is 1.93. The standard InChI is InChI=1S/C16H17ClN2O3S/c1-9-6-12(13(22-3)7-11(9)17)19-15(20)8-18-16(21)14-5-4-10(2)23-14/h4-7H,8H2,1-3H3,(H,18,21)(H,19,20). The summed E-state index contributed by atoms with van der Waals surface area (Å²) in [4.78, 5) is 25.5. The van der Waals surface area contributed by atoms with E-state index < -0.39 is 0 Å². The fraction of sp³-hybridized carbons (Fsp3) is 0.250. The lowest BCUT2D eigenvalue weighted by Crippen LogP contribution is -2.32. The summed E-state index contributed by atoms with van der Waals surface area (Å²) in [6.07, 6.45) is 0. The maximum absolute atomic E-state index is 12.0. The first-order valence-corrected chi connectivity index (χ1v) is 8.08. The molecule has 0 bridgehead atoms. The Labute approximate surface area is 143 Å². The third kappa shape index (κ3) is 4.46. The van der Waals surface area contributed by atoms with Gasteiger partial charge in [0.05, 0.1) is 24.2 Å². The second-order valence-corrected chi connectivity index (χ2v) is 6.64. The van der Waals surface area contributed by atoms with Crippen LogP contribution in [0.15, 0.2) is 24.3 Å². The summed E-state index contributed by atoms with van der Waals surface area (Å²) in [5.41, 5.74) is 1.33. The van der Waals surface area contributed by atoms with Crippen molar-refractivity contribution in [3.8, 4) is 5.75 Å². The minimum Gasteiger partial charge on any atom is -0.495 e. The quantitative estimate of drug-likeness (QED) is 0.866. The largest absolute Gasteiger partial charge is 0.495 e. The van der Waals surface area contributed by atoms with Crippen LogP contribution in [0.5, 0.6) is 5.75 Å². The highest BCUT2D eigenvalue weighted by atomic mass is 35.5. The molecule has 23 heavy (non-hydrogen) atoms. The van der Waals surface area contributed by atoms with Crippen molar-refractivity contribution < 1.29 is 14.3 Å². The summed E-state index contributed by atoms with van der Waals surface area (Å²) in [6.45, 7) is 3.63. The number of hydrogen-bond donors (Lipinski definition) is 2. The SMILES string of the molecule is COc1cc(Cl)c(C)cc1NC(=O)CNC(=O)c1ccc(C)s1. The molecule has 0 aliphatic rings. The van der Waals surface area contributed by atoms with E-state index in [9.17, 15) is 9.59 Å². The number of rotatable bonds is 5. The van der Waals surface area contributed by atoms with Crippen molar-refractivity contribution in [2.45, 2.75) is 13.8 Å². The zero-order valence-corrected chi connectivity index (χ0v) is 14.6. The van der Waals surface area contributed by atoms with Crippen LogP contribution in [0.2, 0.25) is 5.02 Å². The number of aryl methyl sites for hydroxylation is 2. The average Bonchev–Trinajstić information content (AvgIpc) is 2.95. The lowest BCUT2D eigenvalue weighted by atomic mass is 10.2. The number of carbonyl (C=O) groups is 2. The zero-order valence-electron chi connectivity index (χ0n) is 13.0. The van der Waals surface area contributed by atoms with Gasteiger partial charge >= 0.3 is 0 Å². The van der Waals surface area contributed by atoms with Crippen LogP contribution in [0.4, 0.5) is 5.69 Å². The highest BCUT2D eigenvalue weighted by Gasteiger charge is 2.13. The van der Waals surface area contributed by atoms with E-state index in [1.807, 2.05) is 19.9 Å². The second-order valence-electron chi connectivity index (χ2n) is 4.94. The maximum atomic E-state index is 12.0. The molecule has 122 valence electrons. The monoisotopic (exact) mass is 352 g/mol. The van der Waals surface area contributed by atoms with Gasteiger partial charge in [0, 0.05) is 16.0 Å². The van der Waals surface area contributed by atoms with E-state index in [1.165, 1.54) is 18.4 Å². The van der Waals surface area contributed by atoms with Crippen molar-refractivity contribution in [2.75, 3.05) is 19.0 Å². The van der Waals surface area contributed by atoms with Gasteiger partial charge in [-0.05, 0) is 37.6 Å². The van der Waals surface area contributed by atoms with E-state index in [4.69, 9.17) is 16.3 Å². The maximum Gasteiger partial charge on any atom is 0.261 e. The lowest BCUT2D eigenvalue weighted by Gasteiger charge is -2.12.